The van der Waals surface area contributed by atoms with Gasteiger partial charge in [0.2, 0.25) is 0 Å². The molecule has 3 rings (SSSR count). The third-order valence-corrected chi connectivity index (χ3v) is 3.36. The Morgan fingerprint density at radius 1 is 1.32 bits per heavy atom. The Balaban J connectivity index is 2.12. The van der Waals surface area contributed by atoms with E-state index in [1.165, 1.54) is 48.2 Å². The fraction of sp³-hybridized carbons (Fsp3) is 0.125. The summed E-state index contributed by atoms with van der Waals surface area (Å²) in [5.74, 6) is -0.658. The Morgan fingerprint density at radius 2 is 2.04 bits per heavy atom. The molecule has 7 nitrogen and oxygen atoms in total. The highest BCUT2D eigenvalue weighted by atomic mass is 19.3. The number of nitrogens with zero attached hydrogens (tertiary/aromatic N) is 4. The molecular weight excluding hydrogens is 334 g/mol. The Labute approximate surface area is 140 Å². The van der Waals surface area contributed by atoms with Gasteiger partial charge in [0.15, 0.2) is 11.3 Å². The van der Waals surface area contributed by atoms with Crippen molar-refractivity contribution in [2.75, 3.05) is 7.11 Å². The van der Waals surface area contributed by atoms with E-state index in [2.05, 4.69) is 14.8 Å². The van der Waals surface area contributed by atoms with Crippen molar-refractivity contribution in [3.05, 3.63) is 47.8 Å². The Kier molecular flexibility index (Phi) is 4.26. The molecule has 0 aliphatic heterocycles. The number of hydrogen-bond donors (Lipinski definition) is 0. The van der Waals surface area contributed by atoms with Crippen molar-refractivity contribution in [3.63, 3.8) is 0 Å². The first-order valence-electron chi connectivity index (χ1n) is 6.96. The van der Waals surface area contributed by atoms with Gasteiger partial charge < -0.3 is 9.47 Å². The number of carbonyl (C=O) groups excluding carboxylic acids is 1. The normalized spacial score (nSPS) is 10.7. The first-order valence-corrected chi connectivity index (χ1v) is 6.96. The summed E-state index contributed by atoms with van der Waals surface area (Å²) in [5, 5.41) is 13.1. The molecule has 9 heteroatoms. The van der Waals surface area contributed by atoms with E-state index in [9.17, 15) is 13.6 Å². The molecule has 0 saturated carbocycles. The molecule has 2 heterocycles. The zero-order chi connectivity index (χ0) is 18.0. The average molecular weight is 344 g/mol. The maximum Gasteiger partial charge on any atom is 0.387 e. The molecule has 0 spiro atoms. The molecule has 0 radical (unpaired) electrons. The molecule has 1 aromatic carbocycles. The topological polar surface area (TPSA) is 89.5 Å². The molecule has 3 aromatic rings. The average Bonchev–Trinajstić information content (AvgIpc) is 3.03. The summed E-state index contributed by atoms with van der Waals surface area (Å²) in [6, 6.07) is 9.12. The highest BCUT2D eigenvalue weighted by molar-refractivity contribution is 5.90. The predicted octanol–water partition coefficient (Wildman–Crippen LogP) is 2.66. The summed E-state index contributed by atoms with van der Waals surface area (Å²) in [6.45, 7) is -2.92. The van der Waals surface area contributed by atoms with E-state index in [4.69, 9.17) is 10.00 Å². The van der Waals surface area contributed by atoms with E-state index in [0.29, 0.717) is 11.3 Å². The van der Waals surface area contributed by atoms with Gasteiger partial charge in [0.25, 0.3) is 0 Å². The maximum atomic E-state index is 12.2. The molecule has 0 saturated heterocycles. The van der Waals surface area contributed by atoms with E-state index in [-0.39, 0.29) is 22.7 Å². The van der Waals surface area contributed by atoms with Gasteiger partial charge in [-0.2, -0.15) is 19.1 Å². The lowest BCUT2D eigenvalue weighted by Gasteiger charge is -2.08. The fourth-order valence-electron chi connectivity index (χ4n) is 2.25. The van der Waals surface area contributed by atoms with Crippen LogP contribution in [-0.2, 0) is 4.74 Å². The molecule has 25 heavy (non-hydrogen) atoms. The molecule has 0 fully saturated rings. The van der Waals surface area contributed by atoms with Crippen molar-refractivity contribution in [2.45, 2.75) is 6.61 Å². The van der Waals surface area contributed by atoms with E-state index < -0.39 is 12.6 Å². The highest BCUT2D eigenvalue weighted by Gasteiger charge is 2.18. The van der Waals surface area contributed by atoms with Crippen LogP contribution in [0.25, 0.3) is 16.9 Å². The minimum atomic E-state index is -2.92. The third-order valence-electron chi connectivity index (χ3n) is 3.36. The molecule has 0 bridgehead atoms. The van der Waals surface area contributed by atoms with Gasteiger partial charge in [-0.3, -0.25) is 0 Å². The molecule has 126 valence electrons. The number of rotatable bonds is 4. The number of esters is 1. The van der Waals surface area contributed by atoms with Crippen LogP contribution in [0.15, 0.2) is 36.5 Å². The van der Waals surface area contributed by atoms with Crippen molar-refractivity contribution in [1.82, 2.24) is 14.6 Å². The van der Waals surface area contributed by atoms with Crippen LogP contribution >= 0.6 is 0 Å². The molecular formula is C16H10F2N4O3. The summed E-state index contributed by atoms with van der Waals surface area (Å²) in [4.78, 5) is 16.3. The lowest BCUT2D eigenvalue weighted by Crippen LogP contribution is -2.10. The highest BCUT2D eigenvalue weighted by Crippen LogP contribution is 2.24. The molecule has 0 aliphatic rings. The number of aromatic nitrogens is 3. The van der Waals surface area contributed by atoms with Crippen molar-refractivity contribution in [1.29, 1.82) is 5.26 Å². The smallest absolute Gasteiger partial charge is 0.387 e. The van der Waals surface area contributed by atoms with Gasteiger partial charge in [-0.1, -0.05) is 0 Å². The number of benzene rings is 1. The van der Waals surface area contributed by atoms with Crippen LogP contribution in [0.1, 0.15) is 16.1 Å². The summed E-state index contributed by atoms with van der Waals surface area (Å²) in [5.41, 5.74) is 1.35. The molecule has 0 N–H and O–H groups in total. The van der Waals surface area contributed by atoms with Crippen LogP contribution in [0, 0.1) is 11.3 Å². The van der Waals surface area contributed by atoms with Crippen molar-refractivity contribution >= 4 is 11.6 Å². The summed E-state index contributed by atoms with van der Waals surface area (Å²) in [6.07, 6.45) is 1.29. The van der Waals surface area contributed by atoms with Crippen molar-refractivity contribution in [2.24, 2.45) is 0 Å². The summed E-state index contributed by atoms with van der Waals surface area (Å²) in [7, 11) is 1.22. The first-order chi connectivity index (χ1) is 12.0. The van der Waals surface area contributed by atoms with E-state index in [1.54, 1.807) is 0 Å². The van der Waals surface area contributed by atoms with E-state index >= 15 is 0 Å². The zero-order valence-electron chi connectivity index (χ0n) is 12.8. The number of alkyl halides is 2. The number of nitriles is 1. The van der Waals surface area contributed by atoms with Gasteiger partial charge in [0.05, 0.1) is 19.0 Å². The largest absolute Gasteiger partial charge is 0.464 e. The van der Waals surface area contributed by atoms with Crippen molar-refractivity contribution in [3.8, 4) is 23.1 Å². The minimum absolute atomic E-state index is 0.00455. The fourth-order valence-corrected chi connectivity index (χ4v) is 2.25. The Bertz CT molecular complexity index is 977. The second-order valence-electron chi connectivity index (χ2n) is 4.83. The number of carbonyl (C=O) groups is 1. The number of hydrogen-bond acceptors (Lipinski definition) is 6. The number of ether oxygens (including phenoxy) is 2. The van der Waals surface area contributed by atoms with Gasteiger partial charge in [-0.05, 0) is 30.3 Å². The van der Waals surface area contributed by atoms with Gasteiger partial charge in [0.1, 0.15) is 17.4 Å². The van der Waals surface area contributed by atoms with Crippen molar-refractivity contribution < 1.29 is 23.0 Å². The number of halogens is 2. The quantitative estimate of drug-likeness (QED) is 0.676. The molecule has 2 aromatic heterocycles. The van der Waals surface area contributed by atoms with Crippen LogP contribution in [0.3, 0.4) is 0 Å². The second kappa shape index (κ2) is 6.52. The van der Waals surface area contributed by atoms with Crippen LogP contribution in [-0.4, -0.2) is 34.3 Å². The number of methoxy groups -OCH3 is 1. The third kappa shape index (κ3) is 3.10. The van der Waals surface area contributed by atoms with Crippen LogP contribution in [0.4, 0.5) is 8.78 Å². The molecule has 0 atom stereocenters. The maximum absolute atomic E-state index is 12.2. The summed E-state index contributed by atoms with van der Waals surface area (Å²) < 4.78 is 34.7. The predicted molar refractivity (Wildman–Crippen MR) is 81.1 cm³/mol. The monoisotopic (exact) mass is 344 g/mol. The molecule has 0 unspecified atom stereocenters. The van der Waals surface area contributed by atoms with Crippen LogP contribution in [0.2, 0.25) is 0 Å². The number of fused-ring (bicyclic) bond motifs is 1. The lowest BCUT2D eigenvalue weighted by atomic mass is 10.1. The van der Waals surface area contributed by atoms with E-state index in [0.717, 1.165) is 0 Å². The Morgan fingerprint density at radius 3 is 2.64 bits per heavy atom. The Hall–Kier alpha value is -3.54. The summed E-state index contributed by atoms with van der Waals surface area (Å²) >= 11 is 0. The van der Waals surface area contributed by atoms with Crippen LogP contribution in [0.5, 0.6) is 5.75 Å². The van der Waals surface area contributed by atoms with E-state index in [1.807, 2.05) is 6.07 Å². The standard InChI is InChI=1S/C16H10F2N4O3/c1-24-15(23)13-6-12(21-14-10(7-19)8-20-22(13)14)9-2-4-11(5-3-9)25-16(17)18/h2-6,8,16H,1H3. The second-order valence-corrected chi connectivity index (χ2v) is 4.83. The minimum Gasteiger partial charge on any atom is -0.464 e. The first kappa shape index (κ1) is 16.3. The molecule has 0 aliphatic carbocycles. The zero-order valence-corrected chi connectivity index (χ0v) is 12.8. The SMILES string of the molecule is COC(=O)c1cc(-c2ccc(OC(F)F)cc2)nc2c(C#N)cnn12. The van der Waals surface area contributed by atoms with Gasteiger partial charge in [0, 0.05) is 5.56 Å². The lowest BCUT2D eigenvalue weighted by molar-refractivity contribution is -0.0498. The molecule has 0 amide bonds. The van der Waals surface area contributed by atoms with Gasteiger partial charge >= 0.3 is 12.6 Å². The van der Waals surface area contributed by atoms with Gasteiger partial charge in [-0.15, -0.1) is 0 Å². The van der Waals surface area contributed by atoms with Crippen LogP contribution < -0.4 is 4.74 Å². The van der Waals surface area contributed by atoms with Gasteiger partial charge in [-0.25, -0.2) is 14.3 Å².